The lowest BCUT2D eigenvalue weighted by molar-refractivity contribution is -0.142. The van der Waals surface area contributed by atoms with Crippen molar-refractivity contribution in [1.82, 2.24) is 0 Å². The number of benzene rings is 1. The molecule has 0 aromatic heterocycles. The van der Waals surface area contributed by atoms with Crippen molar-refractivity contribution >= 4 is 16.1 Å². The lowest BCUT2D eigenvalue weighted by Crippen LogP contribution is -2.18. The zero-order chi connectivity index (χ0) is 16.2. The fraction of sp³-hybridized carbons (Fsp3) is 0.562. The summed E-state index contributed by atoms with van der Waals surface area (Å²) >= 11 is 0. The first-order chi connectivity index (χ1) is 10.4. The fourth-order valence-corrected chi connectivity index (χ4v) is 3.25. The van der Waals surface area contributed by atoms with Gasteiger partial charge in [0.1, 0.15) is 0 Å². The highest BCUT2D eigenvalue weighted by Crippen LogP contribution is 2.32. The quantitative estimate of drug-likeness (QED) is 0.592. The second-order valence-electron chi connectivity index (χ2n) is 5.59. The van der Waals surface area contributed by atoms with Gasteiger partial charge in [-0.25, -0.2) is 0 Å². The number of ether oxygens (including phenoxy) is 1. The molecule has 0 fully saturated rings. The highest BCUT2D eigenvalue weighted by Gasteiger charge is 2.22. The molecule has 0 amide bonds. The van der Waals surface area contributed by atoms with Gasteiger partial charge in [-0.1, -0.05) is 18.2 Å². The molecule has 0 saturated heterocycles. The number of fused-ring (bicyclic) bond motifs is 1. The summed E-state index contributed by atoms with van der Waals surface area (Å²) in [4.78, 5) is 11.5. The summed E-state index contributed by atoms with van der Waals surface area (Å²) in [7, 11) is -3.42. The maximum Gasteiger partial charge on any atom is 0.310 e. The molecule has 1 unspecified atom stereocenters. The summed E-state index contributed by atoms with van der Waals surface area (Å²) in [6, 6.07) is 5.92. The van der Waals surface area contributed by atoms with Crippen molar-refractivity contribution in [1.29, 1.82) is 0 Å². The molecule has 0 N–H and O–H groups in total. The van der Waals surface area contributed by atoms with Gasteiger partial charge in [0.25, 0.3) is 10.1 Å². The second kappa shape index (κ2) is 7.24. The number of carbonyl (C=O) groups is 1. The Hall–Kier alpha value is -1.40. The topological polar surface area (TPSA) is 69.7 Å². The maximum atomic E-state index is 11.5. The van der Waals surface area contributed by atoms with E-state index in [0.717, 1.165) is 36.6 Å². The first-order valence-electron chi connectivity index (χ1n) is 7.50. The summed E-state index contributed by atoms with van der Waals surface area (Å²) in [5, 5.41) is 0. The van der Waals surface area contributed by atoms with Crippen molar-refractivity contribution in [2.24, 2.45) is 0 Å². The van der Waals surface area contributed by atoms with E-state index in [9.17, 15) is 13.2 Å². The minimum absolute atomic E-state index is 0.0927. The molecule has 22 heavy (non-hydrogen) atoms. The van der Waals surface area contributed by atoms with Crippen LogP contribution in [0.1, 0.15) is 42.4 Å². The smallest absolute Gasteiger partial charge is 0.310 e. The van der Waals surface area contributed by atoms with E-state index in [0.29, 0.717) is 6.61 Å². The van der Waals surface area contributed by atoms with E-state index < -0.39 is 10.1 Å². The van der Waals surface area contributed by atoms with E-state index in [2.05, 4.69) is 0 Å². The van der Waals surface area contributed by atoms with Crippen molar-refractivity contribution in [3.63, 3.8) is 0 Å². The summed E-state index contributed by atoms with van der Waals surface area (Å²) in [5.41, 5.74) is 3.24. The molecule has 1 aromatic rings. The highest BCUT2D eigenvalue weighted by molar-refractivity contribution is 7.85. The molecular formula is C16H22O5S. The summed E-state index contributed by atoms with van der Waals surface area (Å²) < 4.78 is 32.2. The van der Waals surface area contributed by atoms with Gasteiger partial charge in [-0.15, -0.1) is 0 Å². The third kappa shape index (κ3) is 4.81. The molecule has 0 saturated carbocycles. The van der Waals surface area contributed by atoms with Gasteiger partial charge in [0.2, 0.25) is 0 Å². The molecule has 0 spiro atoms. The lowest BCUT2D eigenvalue weighted by atomic mass is 9.82. The monoisotopic (exact) mass is 326 g/mol. The van der Waals surface area contributed by atoms with Gasteiger partial charge in [-0.05, 0) is 42.9 Å². The van der Waals surface area contributed by atoms with Gasteiger partial charge in [-0.3, -0.25) is 8.98 Å². The fourth-order valence-electron chi connectivity index (χ4n) is 2.84. The molecule has 5 nitrogen and oxygen atoms in total. The van der Waals surface area contributed by atoms with Crippen LogP contribution >= 0.6 is 0 Å². The predicted octanol–water partition coefficient (Wildman–Crippen LogP) is 2.19. The van der Waals surface area contributed by atoms with Gasteiger partial charge >= 0.3 is 5.97 Å². The largest absolute Gasteiger partial charge is 0.466 e. The standard InChI is InChI=1S/C16H22O5S/c1-3-20-16(17)10-12-7-8-15-13(9-12)5-4-6-14(15)11-21-22(2,18)19/h7-9,14H,3-6,10-11H2,1-2H3. The second-order valence-corrected chi connectivity index (χ2v) is 7.24. The van der Waals surface area contributed by atoms with Crippen LogP contribution in [0.3, 0.4) is 0 Å². The number of hydrogen-bond acceptors (Lipinski definition) is 5. The number of rotatable bonds is 6. The molecule has 2 rings (SSSR count). The molecule has 0 bridgehead atoms. The van der Waals surface area contributed by atoms with E-state index in [-0.39, 0.29) is 24.9 Å². The third-order valence-corrected chi connectivity index (χ3v) is 4.35. The van der Waals surface area contributed by atoms with Crippen molar-refractivity contribution in [2.75, 3.05) is 19.5 Å². The van der Waals surface area contributed by atoms with Crippen molar-refractivity contribution in [2.45, 2.75) is 38.5 Å². The van der Waals surface area contributed by atoms with Crippen molar-refractivity contribution < 1.29 is 22.1 Å². The predicted molar refractivity (Wildman–Crippen MR) is 83.3 cm³/mol. The van der Waals surface area contributed by atoms with Crippen LogP contribution in [0.2, 0.25) is 0 Å². The zero-order valence-electron chi connectivity index (χ0n) is 13.0. The number of aryl methyl sites for hydroxylation is 1. The molecular weight excluding hydrogens is 304 g/mol. The first kappa shape index (κ1) is 17.0. The van der Waals surface area contributed by atoms with Gasteiger partial charge in [-0.2, -0.15) is 8.42 Å². The minimum Gasteiger partial charge on any atom is -0.466 e. The Bertz CT molecular complexity index is 636. The highest BCUT2D eigenvalue weighted by atomic mass is 32.2. The Morgan fingerprint density at radius 1 is 1.36 bits per heavy atom. The number of hydrogen-bond donors (Lipinski definition) is 0. The maximum absolute atomic E-state index is 11.5. The Kier molecular flexibility index (Phi) is 5.58. The van der Waals surface area contributed by atoms with Gasteiger partial charge in [0.15, 0.2) is 0 Å². The van der Waals surface area contributed by atoms with E-state index in [1.807, 2.05) is 18.2 Å². The SMILES string of the molecule is CCOC(=O)Cc1ccc2c(c1)CCCC2COS(C)(=O)=O. The Balaban J connectivity index is 2.10. The van der Waals surface area contributed by atoms with E-state index in [4.69, 9.17) is 8.92 Å². The number of esters is 1. The van der Waals surface area contributed by atoms with Crippen LogP contribution in [0, 0.1) is 0 Å². The normalized spacial score (nSPS) is 17.8. The van der Waals surface area contributed by atoms with Crippen LogP contribution in [0.25, 0.3) is 0 Å². The lowest BCUT2D eigenvalue weighted by Gasteiger charge is -2.25. The molecule has 1 aliphatic carbocycles. The van der Waals surface area contributed by atoms with Gasteiger partial charge in [0, 0.05) is 5.92 Å². The summed E-state index contributed by atoms with van der Waals surface area (Å²) in [6.45, 7) is 2.36. The molecule has 6 heteroatoms. The van der Waals surface area contributed by atoms with Crippen LogP contribution in [0.15, 0.2) is 18.2 Å². The van der Waals surface area contributed by atoms with Crippen LogP contribution in [0.4, 0.5) is 0 Å². The molecule has 0 aliphatic heterocycles. The summed E-state index contributed by atoms with van der Waals surface area (Å²) in [5.74, 6) is -0.134. The van der Waals surface area contributed by atoms with E-state index in [1.54, 1.807) is 6.92 Å². The average Bonchev–Trinajstić information content (AvgIpc) is 2.44. The molecule has 1 aromatic carbocycles. The molecule has 0 radical (unpaired) electrons. The minimum atomic E-state index is -3.42. The van der Waals surface area contributed by atoms with Crippen LogP contribution in [0.5, 0.6) is 0 Å². The van der Waals surface area contributed by atoms with E-state index >= 15 is 0 Å². The molecule has 1 aliphatic rings. The Morgan fingerprint density at radius 2 is 2.14 bits per heavy atom. The first-order valence-corrected chi connectivity index (χ1v) is 9.32. The Labute approximate surface area is 131 Å². The average molecular weight is 326 g/mol. The van der Waals surface area contributed by atoms with Gasteiger partial charge in [0.05, 0.1) is 25.9 Å². The molecule has 122 valence electrons. The van der Waals surface area contributed by atoms with Crippen LogP contribution in [-0.2, 0) is 36.7 Å². The third-order valence-electron chi connectivity index (χ3n) is 3.78. The van der Waals surface area contributed by atoms with Crippen LogP contribution in [-0.4, -0.2) is 33.9 Å². The van der Waals surface area contributed by atoms with Crippen molar-refractivity contribution in [3.05, 3.63) is 34.9 Å². The van der Waals surface area contributed by atoms with Gasteiger partial charge < -0.3 is 4.74 Å². The molecule has 0 heterocycles. The Morgan fingerprint density at radius 3 is 2.82 bits per heavy atom. The molecule has 1 atom stereocenters. The van der Waals surface area contributed by atoms with E-state index in [1.165, 1.54) is 5.56 Å². The zero-order valence-corrected chi connectivity index (χ0v) is 13.8. The summed E-state index contributed by atoms with van der Waals surface area (Å²) in [6.07, 6.45) is 4.19. The van der Waals surface area contributed by atoms with Crippen LogP contribution < -0.4 is 0 Å². The van der Waals surface area contributed by atoms with Crippen molar-refractivity contribution in [3.8, 4) is 0 Å². The number of carbonyl (C=O) groups excluding carboxylic acids is 1.